The van der Waals surface area contributed by atoms with Gasteiger partial charge in [0.15, 0.2) is 24.5 Å². The quantitative estimate of drug-likeness (QED) is 0.475. The number of carbonyl (C=O) groups excluding carboxylic acids is 4. The van der Waals surface area contributed by atoms with Gasteiger partial charge in [0.25, 0.3) is 0 Å². The number of aromatic amines is 1. The summed E-state index contributed by atoms with van der Waals surface area (Å²) in [6.45, 7) is 4.18. The Morgan fingerprint density at radius 2 is 1.45 bits per heavy atom. The first-order valence-corrected chi connectivity index (χ1v) is 10.1. The lowest BCUT2D eigenvalue weighted by atomic mass is 9.97. The van der Waals surface area contributed by atoms with Gasteiger partial charge in [0.05, 0.1) is 11.0 Å². The van der Waals surface area contributed by atoms with Crippen LogP contribution in [-0.4, -0.2) is 64.5 Å². The molecule has 3 rings (SSSR count). The number of aromatic nitrogens is 2. The number of esters is 4. The van der Waals surface area contributed by atoms with Crippen molar-refractivity contribution in [1.82, 2.24) is 9.55 Å². The molecule has 1 aliphatic heterocycles. The minimum atomic E-state index is -1.37. The molecule has 12 nitrogen and oxygen atoms in total. The Morgan fingerprint density at radius 3 is 2.06 bits per heavy atom. The zero-order chi connectivity index (χ0) is 24.3. The molecule has 1 aromatic heterocycles. The van der Waals surface area contributed by atoms with Crippen LogP contribution in [0, 0.1) is 0 Å². The molecule has 1 fully saturated rings. The van der Waals surface area contributed by atoms with E-state index in [0.29, 0.717) is 11.0 Å². The normalized spacial score (nSPS) is 24.7. The molecule has 5 atom stereocenters. The summed E-state index contributed by atoms with van der Waals surface area (Å²) >= 11 is 0. The van der Waals surface area contributed by atoms with Crippen molar-refractivity contribution in [1.29, 1.82) is 0 Å². The van der Waals surface area contributed by atoms with Crippen molar-refractivity contribution in [3.63, 3.8) is 0 Å². The molecule has 0 radical (unpaired) electrons. The van der Waals surface area contributed by atoms with Crippen LogP contribution in [0.3, 0.4) is 0 Å². The van der Waals surface area contributed by atoms with E-state index in [2.05, 4.69) is 4.98 Å². The van der Waals surface area contributed by atoms with Gasteiger partial charge in [-0.15, -0.1) is 0 Å². The molecule has 33 heavy (non-hydrogen) atoms. The third-order valence-corrected chi connectivity index (χ3v) is 4.84. The summed E-state index contributed by atoms with van der Waals surface area (Å²) in [4.78, 5) is 62.6. The van der Waals surface area contributed by atoms with Crippen LogP contribution in [0.1, 0.15) is 33.9 Å². The van der Waals surface area contributed by atoms with Crippen LogP contribution in [-0.2, 0) is 42.9 Å². The van der Waals surface area contributed by atoms with Gasteiger partial charge >= 0.3 is 29.6 Å². The third kappa shape index (κ3) is 5.40. The molecule has 0 unspecified atom stereocenters. The first-order chi connectivity index (χ1) is 15.6. The smallest absolute Gasteiger partial charge is 0.328 e. The summed E-state index contributed by atoms with van der Waals surface area (Å²) in [7, 11) is 0. The molecule has 0 aliphatic carbocycles. The van der Waals surface area contributed by atoms with E-state index >= 15 is 0 Å². The van der Waals surface area contributed by atoms with Crippen LogP contribution >= 0.6 is 0 Å². The number of para-hydroxylation sites is 2. The predicted octanol–water partition coefficient (Wildman–Crippen LogP) is 0.585. The average Bonchev–Trinajstić information content (AvgIpc) is 3.04. The molecule has 1 saturated heterocycles. The molecular weight excluding hydrogens is 440 g/mol. The van der Waals surface area contributed by atoms with Crippen molar-refractivity contribution in [2.24, 2.45) is 0 Å². The monoisotopic (exact) mass is 464 g/mol. The number of nitrogens with one attached hydrogen (secondary N) is 1. The summed E-state index contributed by atoms with van der Waals surface area (Å²) in [6, 6.07) is 6.72. The predicted molar refractivity (Wildman–Crippen MR) is 110 cm³/mol. The fourth-order valence-electron chi connectivity index (χ4n) is 3.74. The number of benzene rings is 1. The molecule has 178 valence electrons. The maximum absolute atomic E-state index is 12.8. The Hall–Kier alpha value is -3.67. The summed E-state index contributed by atoms with van der Waals surface area (Å²) in [5.41, 5.74) is 0.316. The second-order valence-corrected chi connectivity index (χ2v) is 7.41. The number of nitrogens with zero attached hydrogens (tertiary/aromatic N) is 1. The van der Waals surface area contributed by atoms with Gasteiger partial charge in [-0.2, -0.15) is 0 Å². The maximum Gasteiger partial charge on any atom is 0.328 e. The van der Waals surface area contributed by atoms with Crippen molar-refractivity contribution in [3.8, 4) is 0 Å². The van der Waals surface area contributed by atoms with Crippen molar-refractivity contribution in [2.75, 3.05) is 6.61 Å². The Balaban J connectivity index is 2.16. The number of imidazole rings is 1. The number of ether oxygens (including phenoxy) is 5. The largest absolute Gasteiger partial charge is 0.463 e. The summed E-state index contributed by atoms with van der Waals surface area (Å²) in [5, 5.41) is 0. The molecule has 0 spiro atoms. The fourth-order valence-corrected chi connectivity index (χ4v) is 3.74. The SMILES string of the molecule is CC(=O)OC[C@H]1O[C@@H](n2c(=O)[nH]c3ccccc32)[C@H](OC(C)=O)[C@@H](OC(C)=O)[C@@H]1OC(C)=O. The number of carbonyl (C=O) groups is 4. The highest BCUT2D eigenvalue weighted by Gasteiger charge is 2.53. The molecule has 1 aromatic carbocycles. The van der Waals surface area contributed by atoms with E-state index in [-0.39, 0.29) is 6.61 Å². The Morgan fingerprint density at radius 1 is 0.879 bits per heavy atom. The van der Waals surface area contributed by atoms with E-state index in [9.17, 15) is 24.0 Å². The number of hydrogen-bond donors (Lipinski definition) is 1. The van der Waals surface area contributed by atoms with E-state index in [1.165, 1.54) is 11.5 Å². The highest BCUT2D eigenvalue weighted by Crippen LogP contribution is 2.35. The summed E-state index contributed by atoms with van der Waals surface area (Å²) in [5.74, 6) is -2.88. The van der Waals surface area contributed by atoms with Crippen LogP contribution in [0.15, 0.2) is 29.1 Å². The third-order valence-electron chi connectivity index (χ3n) is 4.84. The number of rotatable bonds is 6. The molecule has 12 heteroatoms. The molecule has 1 N–H and O–H groups in total. The minimum Gasteiger partial charge on any atom is -0.463 e. The molecule has 0 saturated carbocycles. The standard InChI is InChI=1S/C21H24N2O10/c1-10(24)29-9-16-17(30-11(2)25)18(31-12(3)26)19(32-13(4)27)20(33-16)23-15-8-6-5-7-14(15)22-21(23)28/h5-8,16-20H,9H2,1-4H3,(H,22,28)/t16-,17-,18+,19-,20-/m1/s1. The lowest BCUT2D eigenvalue weighted by molar-refractivity contribution is -0.268. The van der Waals surface area contributed by atoms with Crippen LogP contribution in [0.4, 0.5) is 0 Å². The van der Waals surface area contributed by atoms with Gasteiger partial charge in [-0.1, -0.05) is 12.1 Å². The van der Waals surface area contributed by atoms with Gasteiger partial charge < -0.3 is 28.7 Å². The topological polar surface area (TPSA) is 152 Å². The molecule has 1 aliphatic rings. The highest BCUT2D eigenvalue weighted by molar-refractivity contribution is 5.75. The van der Waals surface area contributed by atoms with Crippen LogP contribution in [0.25, 0.3) is 11.0 Å². The summed E-state index contributed by atoms with van der Waals surface area (Å²) in [6.07, 6.45) is -6.50. The first-order valence-electron chi connectivity index (χ1n) is 10.1. The van der Waals surface area contributed by atoms with E-state index in [1.54, 1.807) is 24.3 Å². The van der Waals surface area contributed by atoms with Gasteiger partial charge in [0.1, 0.15) is 12.7 Å². The van der Waals surface area contributed by atoms with Gasteiger partial charge in [0, 0.05) is 27.7 Å². The first kappa shape index (κ1) is 24.0. The van der Waals surface area contributed by atoms with Crippen molar-refractivity contribution >= 4 is 34.9 Å². The van der Waals surface area contributed by atoms with E-state index in [0.717, 1.165) is 20.8 Å². The van der Waals surface area contributed by atoms with Gasteiger partial charge in [0.2, 0.25) is 0 Å². The molecule has 0 bridgehead atoms. The van der Waals surface area contributed by atoms with Crippen LogP contribution in [0.2, 0.25) is 0 Å². The molecule has 2 heterocycles. The van der Waals surface area contributed by atoms with E-state index in [1.807, 2.05) is 0 Å². The lowest BCUT2D eigenvalue weighted by Crippen LogP contribution is -2.61. The lowest BCUT2D eigenvalue weighted by Gasteiger charge is -2.44. The minimum absolute atomic E-state index is 0.383. The summed E-state index contributed by atoms with van der Waals surface area (Å²) < 4.78 is 28.4. The fraction of sp³-hybridized carbons (Fsp3) is 0.476. The molecular formula is C21H24N2O10. The Labute approximate surface area is 187 Å². The van der Waals surface area contributed by atoms with E-state index in [4.69, 9.17) is 23.7 Å². The van der Waals surface area contributed by atoms with Crippen molar-refractivity contribution in [2.45, 2.75) is 58.3 Å². The molecule has 0 amide bonds. The zero-order valence-corrected chi connectivity index (χ0v) is 18.4. The van der Waals surface area contributed by atoms with Crippen molar-refractivity contribution in [3.05, 3.63) is 34.7 Å². The highest BCUT2D eigenvalue weighted by atomic mass is 16.7. The van der Waals surface area contributed by atoms with Crippen LogP contribution in [0.5, 0.6) is 0 Å². The van der Waals surface area contributed by atoms with Crippen molar-refractivity contribution < 1.29 is 42.9 Å². The zero-order valence-electron chi connectivity index (χ0n) is 18.4. The average molecular weight is 464 g/mol. The Bertz CT molecular complexity index is 1120. The maximum atomic E-state index is 12.8. The number of fused-ring (bicyclic) bond motifs is 1. The van der Waals surface area contributed by atoms with Crippen LogP contribution < -0.4 is 5.69 Å². The number of hydrogen-bond acceptors (Lipinski definition) is 10. The van der Waals surface area contributed by atoms with Gasteiger partial charge in [-0.3, -0.25) is 23.7 Å². The van der Waals surface area contributed by atoms with Gasteiger partial charge in [-0.25, -0.2) is 4.79 Å². The van der Waals surface area contributed by atoms with Gasteiger partial charge in [-0.05, 0) is 12.1 Å². The molecule has 2 aromatic rings. The Kier molecular flexibility index (Phi) is 7.16. The number of H-pyrrole nitrogens is 1. The second kappa shape index (κ2) is 9.86. The van der Waals surface area contributed by atoms with E-state index < -0.39 is 60.2 Å². The second-order valence-electron chi connectivity index (χ2n) is 7.41.